The Labute approximate surface area is 490 Å². The number of esters is 3. The fourth-order valence-corrected chi connectivity index (χ4v) is 9.76. The van der Waals surface area contributed by atoms with Crippen LogP contribution in [0.3, 0.4) is 0 Å². The molecular formula is C73H128O6. The molecule has 1 atom stereocenters. The lowest BCUT2D eigenvalue weighted by Gasteiger charge is -2.18. The molecule has 79 heavy (non-hydrogen) atoms. The van der Waals surface area contributed by atoms with E-state index >= 15 is 0 Å². The molecule has 0 amide bonds. The van der Waals surface area contributed by atoms with Gasteiger partial charge in [0.2, 0.25) is 0 Å². The minimum atomic E-state index is -0.786. The van der Waals surface area contributed by atoms with E-state index < -0.39 is 6.10 Å². The fraction of sp³-hybridized carbons (Fsp3) is 0.767. The smallest absolute Gasteiger partial charge is 0.306 e. The Hall–Kier alpha value is -3.41. The molecule has 0 aliphatic heterocycles. The minimum Gasteiger partial charge on any atom is -0.462 e. The lowest BCUT2D eigenvalue weighted by molar-refractivity contribution is -0.167. The molecule has 0 aromatic carbocycles. The van der Waals surface area contributed by atoms with Gasteiger partial charge in [0.25, 0.3) is 0 Å². The van der Waals surface area contributed by atoms with Crippen LogP contribution in [0.5, 0.6) is 0 Å². The Balaban J connectivity index is 4.29. The number of unbranched alkanes of at least 4 members (excludes halogenated alkanes) is 37. The van der Waals surface area contributed by atoms with Crippen LogP contribution in [0.25, 0.3) is 0 Å². The van der Waals surface area contributed by atoms with E-state index in [2.05, 4.69) is 106 Å². The van der Waals surface area contributed by atoms with E-state index in [0.717, 1.165) is 109 Å². The van der Waals surface area contributed by atoms with E-state index in [9.17, 15) is 14.4 Å². The molecule has 0 aliphatic carbocycles. The summed E-state index contributed by atoms with van der Waals surface area (Å²) in [6.45, 7) is 6.49. The summed E-state index contributed by atoms with van der Waals surface area (Å²) < 4.78 is 17.0. The Morgan fingerprint density at radius 1 is 0.266 bits per heavy atom. The first-order chi connectivity index (χ1) is 39.0. The third kappa shape index (κ3) is 65.3. The lowest BCUT2D eigenvalue weighted by atomic mass is 10.0. The maximum absolute atomic E-state index is 12.9. The molecule has 0 aromatic rings. The van der Waals surface area contributed by atoms with Crippen molar-refractivity contribution in [3.63, 3.8) is 0 Å². The van der Waals surface area contributed by atoms with Crippen molar-refractivity contribution in [2.75, 3.05) is 13.2 Å². The van der Waals surface area contributed by atoms with Crippen molar-refractivity contribution in [2.24, 2.45) is 0 Å². The average molecular weight is 1100 g/mol. The van der Waals surface area contributed by atoms with Crippen molar-refractivity contribution in [3.8, 4) is 0 Å². The maximum Gasteiger partial charge on any atom is 0.306 e. The Morgan fingerprint density at radius 3 is 0.835 bits per heavy atom. The molecule has 0 aromatic heterocycles. The maximum atomic E-state index is 12.9. The van der Waals surface area contributed by atoms with Crippen LogP contribution in [0.4, 0.5) is 0 Å². The molecule has 0 bridgehead atoms. The predicted octanol–water partition coefficient (Wildman–Crippen LogP) is 23.4. The first kappa shape index (κ1) is 75.6. The van der Waals surface area contributed by atoms with Gasteiger partial charge >= 0.3 is 17.9 Å². The SMILES string of the molecule is CC/C=C\C/C=C\C/C=C\C/C=C\CCCCCCCCCCCCC(=O)OC(COC(=O)CCCCCCC/C=C\C/C=C\CCC)COC(=O)CCCCCCCCCCCCCCC/C=C\CCCCCCCCCC. The van der Waals surface area contributed by atoms with Crippen molar-refractivity contribution >= 4 is 17.9 Å². The van der Waals surface area contributed by atoms with Crippen LogP contribution in [0.15, 0.2) is 85.1 Å². The van der Waals surface area contributed by atoms with Crippen LogP contribution in [-0.2, 0) is 28.6 Å². The summed E-state index contributed by atoms with van der Waals surface area (Å²) in [5, 5.41) is 0. The molecule has 0 radical (unpaired) electrons. The summed E-state index contributed by atoms with van der Waals surface area (Å²) in [5.41, 5.74) is 0. The average Bonchev–Trinajstić information content (AvgIpc) is 3.45. The molecule has 0 saturated carbocycles. The van der Waals surface area contributed by atoms with Crippen LogP contribution in [0.1, 0.15) is 342 Å². The summed E-state index contributed by atoms with van der Waals surface area (Å²) in [7, 11) is 0. The molecular weight excluding hydrogens is 973 g/mol. The van der Waals surface area contributed by atoms with Gasteiger partial charge in [-0.2, -0.15) is 0 Å². The van der Waals surface area contributed by atoms with Gasteiger partial charge in [-0.25, -0.2) is 0 Å². The van der Waals surface area contributed by atoms with Gasteiger partial charge in [-0.15, -0.1) is 0 Å². The van der Waals surface area contributed by atoms with E-state index in [0.29, 0.717) is 19.3 Å². The third-order valence-corrected chi connectivity index (χ3v) is 14.8. The van der Waals surface area contributed by atoms with Crippen LogP contribution in [0.2, 0.25) is 0 Å². The van der Waals surface area contributed by atoms with E-state index in [1.54, 1.807) is 0 Å². The van der Waals surface area contributed by atoms with Crippen molar-refractivity contribution in [1.82, 2.24) is 0 Å². The standard InChI is InChI=1S/C73H128O6/c1-4-7-10-13-16-19-22-25-27-29-31-33-35-36-38-39-41-43-45-48-51-54-57-60-63-66-72(75)78-69-70(68-77-71(74)65-62-59-56-53-50-47-24-21-18-15-12-9-6-3)79-73(76)67-64-61-58-55-52-49-46-44-42-40-37-34-32-30-28-26-23-20-17-14-11-8-5-2/h8,11-12,15,17,20-21,24,26,28-29,31-32,34,70H,4-7,9-10,13-14,16,18-19,22-23,25,27,30,33,35-69H2,1-3H3/b11-8-,15-12-,20-17-,24-21-,28-26-,31-29-,34-32-. The molecule has 0 rings (SSSR count). The highest BCUT2D eigenvalue weighted by atomic mass is 16.6. The van der Waals surface area contributed by atoms with Gasteiger partial charge < -0.3 is 14.2 Å². The number of carbonyl (C=O) groups excluding carboxylic acids is 3. The van der Waals surface area contributed by atoms with Gasteiger partial charge in [-0.3, -0.25) is 14.4 Å². The van der Waals surface area contributed by atoms with E-state index in [-0.39, 0.29) is 31.1 Å². The van der Waals surface area contributed by atoms with E-state index in [4.69, 9.17) is 14.2 Å². The summed E-state index contributed by atoms with van der Waals surface area (Å²) in [5.74, 6) is -0.885. The van der Waals surface area contributed by atoms with Gasteiger partial charge in [0.05, 0.1) is 0 Å². The monoisotopic (exact) mass is 1100 g/mol. The summed E-state index contributed by atoms with van der Waals surface area (Å²) in [6, 6.07) is 0. The largest absolute Gasteiger partial charge is 0.462 e. The quantitative estimate of drug-likeness (QED) is 0.0261. The number of hydrogen-bond donors (Lipinski definition) is 0. The normalized spacial score (nSPS) is 12.6. The molecule has 0 heterocycles. The van der Waals surface area contributed by atoms with E-state index in [1.807, 2.05) is 0 Å². The number of rotatable bonds is 62. The lowest BCUT2D eigenvalue weighted by Crippen LogP contribution is -2.30. The second-order valence-electron chi connectivity index (χ2n) is 22.7. The molecule has 456 valence electrons. The first-order valence-corrected chi connectivity index (χ1v) is 34.1. The zero-order valence-electron chi connectivity index (χ0n) is 52.4. The Bertz CT molecular complexity index is 1500. The molecule has 0 spiro atoms. The van der Waals surface area contributed by atoms with Crippen LogP contribution >= 0.6 is 0 Å². The first-order valence-electron chi connectivity index (χ1n) is 34.1. The van der Waals surface area contributed by atoms with Crippen molar-refractivity contribution in [1.29, 1.82) is 0 Å². The molecule has 0 aliphatic rings. The fourth-order valence-electron chi connectivity index (χ4n) is 9.76. The van der Waals surface area contributed by atoms with Gasteiger partial charge in [-0.1, -0.05) is 298 Å². The highest BCUT2D eigenvalue weighted by Crippen LogP contribution is 2.17. The Kier molecular flexibility index (Phi) is 64.2. The highest BCUT2D eigenvalue weighted by molar-refractivity contribution is 5.71. The van der Waals surface area contributed by atoms with Crippen LogP contribution < -0.4 is 0 Å². The van der Waals surface area contributed by atoms with Gasteiger partial charge in [0.15, 0.2) is 6.10 Å². The van der Waals surface area contributed by atoms with E-state index in [1.165, 1.54) is 193 Å². The molecule has 6 heteroatoms. The molecule has 1 unspecified atom stereocenters. The predicted molar refractivity (Wildman–Crippen MR) is 344 cm³/mol. The topological polar surface area (TPSA) is 78.9 Å². The van der Waals surface area contributed by atoms with Crippen molar-refractivity contribution < 1.29 is 28.6 Å². The zero-order chi connectivity index (χ0) is 57.1. The molecule has 0 N–H and O–H groups in total. The number of ether oxygens (including phenoxy) is 3. The van der Waals surface area contributed by atoms with Crippen molar-refractivity contribution in [3.05, 3.63) is 85.1 Å². The number of hydrogen-bond acceptors (Lipinski definition) is 6. The van der Waals surface area contributed by atoms with Crippen LogP contribution in [0, 0.1) is 0 Å². The zero-order valence-corrected chi connectivity index (χ0v) is 52.4. The van der Waals surface area contributed by atoms with Gasteiger partial charge in [0, 0.05) is 19.3 Å². The summed E-state index contributed by atoms with van der Waals surface area (Å²) >= 11 is 0. The van der Waals surface area contributed by atoms with Crippen molar-refractivity contribution in [2.45, 2.75) is 348 Å². The molecule has 0 fully saturated rings. The van der Waals surface area contributed by atoms with Gasteiger partial charge in [0.1, 0.15) is 13.2 Å². The minimum absolute atomic E-state index is 0.0808. The molecule has 6 nitrogen and oxygen atoms in total. The number of carbonyl (C=O) groups is 3. The second-order valence-corrected chi connectivity index (χ2v) is 22.7. The van der Waals surface area contributed by atoms with Gasteiger partial charge in [-0.05, 0) is 109 Å². The summed E-state index contributed by atoms with van der Waals surface area (Å²) in [6.07, 6.45) is 88.9. The highest BCUT2D eigenvalue weighted by Gasteiger charge is 2.19. The van der Waals surface area contributed by atoms with Crippen LogP contribution in [-0.4, -0.2) is 37.2 Å². The third-order valence-electron chi connectivity index (χ3n) is 14.8. The summed E-state index contributed by atoms with van der Waals surface area (Å²) in [4.78, 5) is 38.4. The number of allylic oxidation sites excluding steroid dienone is 14. The second kappa shape index (κ2) is 67.1. The molecule has 0 saturated heterocycles. The Morgan fingerprint density at radius 2 is 0.519 bits per heavy atom.